The van der Waals surface area contributed by atoms with E-state index in [4.69, 9.17) is 14.2 Å². The van der Waals surface area contributed by atoms with E-state index in [1.165, 1.54) is 11.3 Å². The standard InChI is InChI=1S/C20H30N2O5S/c1-4-15-13(3)28-18(17(15)19(24)25-5-2)21-16(23)12-22-8-6-14(7-9-22)20-26-10-11-27-20/h14,20H,4-12H2,1-3H3,(H,21,23). The Kier molecular flexibility index (Phi) is 7.45. The third-order valence-corrected chi connectivity index (χ3v) is 6.39. The van der Waals surface area contributed by atoms with Crippen molar-refractivity contribution in [2.45, 2.75) is 46.3 Å². The van der Waals surface area contributed by atoms with Crippen LogP contribution in [0.3, 0.4) is 0 Å². The second kappa shape index (κ2) is 9.82. The number of nitrogens with zero attached hydrogens (tertiary/aromatic N) is 1. The molecule has 1 aromatic heterocycles. The van der Waals surface area contributed by atoms with Crippen LogP contribution in [0, 0.1) is 12.8 Å². The van der Waals surface area contributed by atoms with Gasteiger partial charge in [-0.25, -0.2) is 4.79 Å². The van der Waals surface area contributed by atoms with Crippen LogP contribution < -0.4 is 5.32 Å². The lowest BCUT2D eigenvalue weighted by molar-refractivity contribution is -0.119. The van der Waals surface area contributed by atoms with Gasteiger partial charge in [-0.3, -0.25) is 9.69 Å². The summed E-state index contributed by atoms with van der Waals surface area (Å²) in [6, 6.07) is 0. The van der Waals surface area contributed by atoms with Gasteiger partial charge in [0.05, 0.1) is 31.9 Å². The van der Waals surface area contributed by atoms with Crippen LogP contribution in [0.1, 0.15) is 47.5 Å². The number of esters is 1. The molecule has 3 rings (SSSR count). The number of hydrogen-bond acceptors (Lipinski definition) is 7. The highest BCUT2D eigenvalue weighted by atomic mass is 32.1. The lowest BCUT2D eigenvalue weighted by Crippen LogP contribution is -2.41. The fraction of sp³-hybridized carbons (Fsp3) is 0.700. The molecule has 0 aliphatic carbocycles. The van der Waals surface area contributed by atoms with E-state index in [1.807, 2.05) is 13.8 Å². The summed E-state index contributed by atoms with van der Waals surface area (Å²) in [5, 5.41) is 3.54. The molecule has 3 heterocycles. The summed E-state index contributed by atoms with van der Waals surface area (Å²) in [7, 11) is 0. The number of carbonyl (C=O) groups is 2. The minimum absolute atomic E-state index is 0.0790. The Morgan fingerprint density at radius 3 is 2.50 bits per heavy atom. The molecule has 0 aromatic carbocycles. The molecule has 0 unspecified atom stereocenters. The molecule has 2 aliphatic heterocycles. The molecule has 2 saturated heterocycles. The highest BCUT2D eigenvalue weighted by Crippen LogP contribution is 2.34. The van der Waals surface area contributed by atoms with Crippen molar-refractivity contribution in [2.75, 3.05) is 44.8 Å². The van der Waals surface area contributed by atoms with Gasteiger partial charge in [0.1, 0.15) is 5.00 Å². The van der Waals surface area contributed by atoms with E-state index in [-0.39, 0.29) is 18.2 Å². The quantitative estimate of drug-likeness (QED) is 0.697. The number of aryl methyl sites for hydroxylation is 1. The van der Waals surface area contributed by atoms with Crippen LogP contribution in [0.2, 0.25) is 0 Å². The molecule has 2 fully saturated rings. The summed E-state index contributed by atoms with van der Waals surface area (Å²) in [6.45, 7) is 9.43. The Balaban J connectivity index is 1.57. The monoisotopic (exact) mass is 410 g/mol. The van der Waals surface area contributed by atoms with E-state index >= 15 is 0 Å². The van der Waals surface area contributed by atoms with Crippen molar-refractivity contribution in [3.63, 3.8) is 0 Å². The molecule has 1 N–H and O–H groups in total. The van der Waals surface area contributed by atoms with Crippen molar-refractivity contribution in [1.29, 1.82) is 0 Å². The first-order valence-corrected chi connectivity index (χ1v) is 10.9. The van der Waals surface area contributed by atoms with E-state index in [2.05, 4.69) is 10.2 Å². The van der Waals surface area contributed by atoms with Gasteiger partial charge in [0.15, 0.2) is 6.29 Å². The summed E-state index contributed by atoms with van der Waals surface area (Å²) < 4.78 is 16.4. The molecule has 0 saturated carbocycles. The van der Waals surface area contributed by atoms with Crippen molar-refractivity contribution >= 4 is 28.2 Å². The van der Waals surface area contributed by atoms with Crippen LogP contribution >= 0.6 is 11.3 Å². The van der Waals surface area contributed by atoms with Gasteiger partial charge in [-0.2, -0.15) is 0 Å². The molecule has 0 spiro atoms. The summed E-state index contributed by atoms with van der Waals surface area (Å²) in [6.07, 6.45) is 2.57. The van der Waals surface area contributed by atoms with Gasteiger partial charge in [0.25, 0.3) is 0 Å². The van der Waals surface area contributed by atoms with Crippen LogP contribution in [0.15, 0.2) is 0 Å². The smallest absolute Gasteiger partial charge is 0.341 e. The minimum Gasteiger partial charge on any atom is -0.462 e. The summed E-state index contributed by atoms with van der Waals surface area (Å²) in [5.74, 6) is -0.0538. The highest BCUT2D eigenvalue weighted by Gasteiger charge is 2.31. The van der Waals surface area contributed by atoms with Crippen molar-refractivity contribution < 1.29 is 23.8 Å². The summed E-state index contributed by atoms with van der Waals surface area (Å²) in [5.41, 5.74) is 1.46. The maximum atomic E-state index is 12.6. The van der Waals surface area contributed by atoms with Gasteiger partial charge in [0.2, 0.25) is 5.91 Å². The van der Waals surface area contributed by atoms with Crippen LogP contribution in [-0.4, -0.2) is 62.5 Å². The molecule has 8 heteroatoms. The Bertz CT molecular complexity index is 691. The van der Waals surface area contributed by atoms with Gasteiger partial charge < -0.3 is 19.5 Å². The minimum atomic E-state index is -0.364. The topological polar surface area (TPSA) is 77.1 Å². The third-order valence-electron chi connectivity index (χ3n) is 5.33. The number of amides is 1. The predicted molar refractivity (Wildman–Crippen MR) is 108 cm³/mol. The molecule has 0 atom stereocenters. The number of carbonyl (C=O) groups excluding carboxylic acids is 2. The Labute approximate surface area is 170 Å². The Morgan fingerprint density at radius 2 is 1.89 bits per heavy atom. The fourth-order valence-electron chi connectivity index (χ4n) is 3.91. The molecule has 28 heavy (non-hydrogen) atoms. The first-order valence-electron chi connectivity index (χ1n) is 10.1. The molecule has 156 valence electrons. The second-order valence-electron chi connectivity index (χ2n) is 7.19. The van der Waals surface area contributed by atoms with Crippen molar-refractivity contribution in [3.8, 4) is 0 Å². The first kappa shape index (κ1) is 21.2. The zero-order chi connectivity index (χ0) is 20.1. The maximum Gasteiger partial charge on any atom is 0.341 e. The summed E-state index contributed by atoms with van der Waals surface area (Å²) in [4.78, 5) is 28.2. The molecule has 1 amide bonds. The van der Waals surface area contributed by atoms with Gasteiger partial charge >= 0.3 is 5.97 Å². The molecule has 7 nitrogen and oxygen atoms in total. The maximum absolute atomic E-state index is 12.6. The van der Waals surface area contributed by atoms with Gasteiger partial charge in [-0.1, -0.05) is 6.92 Å². The zero-order valence-electron chi connectivity index (χ0n) is 16.9. The van der Waals surface area contributed by atoms with Crippen LogP contribution in [-0.2, 0) is 25.4 Å². The number of nitrogens with one attached hydrogen (secondary N) is 1. The molecule has 0 bridgehead atoms. The predicted octanol–water partition coefficient (Wildman–Crippen LogP) is 2.82. The number of thiophene rings is 1. The average molecular weight is 411 g/mol. The average Bonchev–Trinajstić information content (AvgIpc) is 3.30. The van der Waals surface area contributed by atoms with E-state index in [0.29, 0.717) is 42.8 Å². The second-order valence-corrected chi connectivity index (χ2v) is 8.41. The SMILES string of the molecule is CCOC(=O)c1c(NC(=O)CN2CCC(C3OCCO3)CC2)sc(C)c1CC. The molecule has 2 aliphatic rings. The van der Waals surface area contributed by atoms with Crippen molar-refractivity contribution in [2.24, 2.45) is 5.92 Å². The van der Waals surface area contributed by atoms with Crippen LogP contribution in [0.25, 0.3) is 0 Å². The van der Waals surface area contributed by atoms with Crippen LogP contribution in [0.5, 0.6) is 0 Å². The van der Waals surface area contributed by atoms with E-state index in [0.717, 1.165) is 42.8 Å². The lowest BCUT2D eigenvalue weighted by Gasteiger charge is -2.33. The van der Waals surface area contributed by atoms with Crippen LogP contribution in [0.4, 0.5) is 5.00 Å². The zero-order valence-corrected chi connectivity index (χ0v) is 17.7. The van der Waals surface area contributed by atoms with Crippen molar-refractivity contribution in [3.05, 3.63) is 16.0 Å². The van der Waals surface area contributed by atoms with E-state index < -0.39 is 0 Å². The number of piperidine rings is 1. The van der Waals surface area contributed by atoms with Gasteiger partial charge in [-0.15, -0.1) is 11.3 Å². The van der Waals surface area contributed by atoms with Crippen molar-refractivity contribution in [1.82, 2.24) is 4.90 Å². The normalized spacial score (nSPS) is 19.1. The highest BCUT2D eigenvalue weighted by molar-refractivity contribution is 7.16. The number of ether oxygens (including phenoxy) is 3. The Hall–Kier alpha value is -1.48. The largest absolute Gasteiger partial charge is 0.462 e. The summed E-state index contributed by atoms with van der Waals surface area (Å²) >= 11 is 1.44. The molecule has 0 radical (unpaired) electrons. The fourth-order valence-corrected chi connectivity index (χ4v) is 5.06. The Morgan fingerprint density at radius 1 is 1.21 bits per heavy atom. The number of hydrogen-bond donors (Lipinski definition) is 1. The first-order chi connectivity index (χ1) is 13.5. The number of rotatable bonds is 7. The number of anilines is 1. The molecular formula is C20H30N2O5S. The number of likely N-dealkylation sites (tertiary alicyclic amines) is 1. The molecular weight excluding hydrogens is 380 g/mol. The lowest BCUT2D eigenvalue weighted by atomic mass is 9.96. The third kappa shape index (κ3) is 4.92. The van der Waals surface area contributed by atoms with E-state index in [1.54, 1.807) is 6.92 Å². The van der Waals surface area contributed by atoms with E-state index in [9.17, 15) is 9.59 Å². The van der Waals surface area contributed by atoms with Gasteiger partial charge in [-0.05, 0) is 51.8 Å². The van der Waals surface area contributed by atoms with Gasteiger partial charge in [0, 0.05) is 10.8 Å². The molecule has 1 aromatic rings.